The molecule has 3 amide bonds. The third-order valence-corrected chi connectivity index (χ3v) is 4.75. The first kappa shape index (κ1) is 18.9. The minimum absolute atomic E-state index is 0.0592. The number of halogens is 1. The van der Waals surface area contributed by atoms with E-state index >= 15 is 0 Å². The summed E-state index contributed by atoms with van der Waals surface area (Å²) in [5.41, 5.74) is 2.13. The van der Waals surface area contributed by atoms with E-state index in [1.165, 1.54) is 6.92 Å². The number of anilines is 2. The number of benzene rings is 2. The summed E-state index contributed by atoms with van der Waals surface area (Å²) in [7, 11) is 0. The Kier molecular flexibility index (Phi) is 5.76. The Bertz CT molecular complexity index is 867. The molecule has 1 heterocycles. The van der Waals surface area contributed by atoms with Crippen molar-refractivity contribution in [1.82, 2.24) is 4.90 Å². The van der Waals surface area contributed by atoms with Gasteiger partial charge in [0, 0.05) is 42.8 Å². The topological polar surface area (TPSA) is 78.5 Å². The Morgan fingerprint density at radius 1 is 1.07 bits per heavy atom. The van der Waals surface area contributed by atoms with Gasteiger partial charge in [0.25, 0.3) is 0 Å². The predicted molar refractivity (Wildman–Crippen MR) is 104 cm³/mol. The summed E-state index contributed by atoms with van der Waals surface area (Å²) in [5.74, 6) is -0.821. The van der Waals surface area contributed by atoms with E-state index in [2.05, 4.69) is 10.6 Å². The van der Waals surface area contributed by atoms with E-state index in [1.807, 2.05) is 18.2 Å². The SMILES string of the molecule is CC(=O)Nc1ccc(NC(=O)[C@H]2CC(=O)N(Cc3ccccc3Cl)C2)cc1. The van der Waals surface area contributed by atoms with Gasteiger partial charge in [0.05, 0.1) is 5.92 Å². The van der Waals surface area contributed by atoms with E-state index in [4.69, 9.17) is 11.6 Å². The molecule has 0 bridgehead atoms. The molecular formula is C20H20ClN3O3. The fourth-order valence-electron chi connectivity index (χ4n) is 3.02. The molecule has 27 heavy (non-hydrogen) atoms. The Hall–Kier alpha value is -2.86. The molecule has 0 unspecified atom stereocenters. The van der Waals surface area contributed by atoms with Crippen molar-refractivity contribution < 1.29 is 14.4 Å². The van der Waals surface area contributed by atoms with Crippen LogP contribution in [-0.2, 0) is 20.9 Å². The molecule has 3 rings (SSSR count). The normalized spacial score (nSPS) is 16.3. The van der Waals surface area contributed by atoms with Crippen molar-refractivity contribution in [3.63, 3.8) is 0 Å². The van der Waals surface area contributed by atoms with Crippen LogP contribution < -0.4 is 10.6 Å². The molecule has 2 aromatic rings. The minimum atomic E-state index is -0.407. The van der Waals surface area contributed by atoms with Crippen molar-refractivity contribution in [2.24, 2.45) is 5.92 Å². The maximum Gasteiger partial charge on any atom is 0.229 e. The lowest BCUT2D eigenvalue weighted by molar-refractivity contribution is -0.128. The van der Waals surface area contributed by atoms with Crippen LogP contribution >= 0.6 is 11.6 Å². The Morgan fingerprint density at radius 2 is 1.70 bits per heavy atom. The summed E-state index contributed by atoms with van der Waals surface area (Å²) < 4.78 is 0. The van der Waals surface area contributed by atoms with Crippen molar-refractivity contribution in [2.45, 2.75) is 19.9 Å². The van der Waals surface area contributed by atoms with Gasteiger partial charge in [-0.15, -0.1) is 0 Å². The largest absolute Gasteiger partial charge is 0.337 e. The van der Waals surface area contributed by atoms with E-state index in [1.54, 1.807) is 35.2 Å². The van der Waals surface area contributed by atoms with Gasteiger partial charge in [-0.3, -0.25) is 14.4 Å². The van der Waals surface area contributed by atoms with Gasteiger partial charge in [0.1, 0.15) is 0 Å². The zero-order valence-electron chi connectivity index (χ0n) is 14.9. The molecule has 1 saturated heterocycles. The van der Waals surface area contributed by atoms with Crippen LogP contribution in [0.4, 0.5) is 11.4 Å². The molecule has 1 atom stereocenters. The second-order valence-corrected chi connectivity index (χ2v) is 6.92. The maximum atomic E-state index is 12.5. The molecule has 6 nitrogen and oxygen atoms in total. The van der Waals surface area contributed by atoms with Gasteiger partial charge in [-0.2, -0.15) is 0 Å². The van der Waals surface area contributed by atoms with Crippen molar-refractivity contribution in [2.75, 3.05) is 17.2 Å². The van der Waals surface area contributed by atoms with Gasteiger partial charge in [0.15, 0.2) is 0 Å². The highest BCUT2D eigenvalue weighted by Gasteiger charge is 2.34. The van der Waals surface area contributed by atoms with E-state index in [0.717, 1.165) is 5.56 Å². The van der Waals surface area contributed by atoms with Crippen LogP contribution in [-0.4, -0.2) is 29.2 Å². The standard InChI is InChI=1S/C20H20ClN3O3/c1-13(25)22-16-6-8-17(9-7-16)23-20(27)15-10-19(26)24(12-15)11-14-4-2-3-5-18(14)21/h2-9,15H,10-12H2,1H3,(H,22,25)(H,23,27)/t15-/m0/s1. The van der Waals surface area contributed by atoms with Crippen molar-refractivity contribution in [3.8, 4) is 0 Å². The van der Waals surface area contributed by atoms with Gasteiger partial charge < -0.3 is 15.5 Å². The molecule has 1 aliphatic rings. The Labute approximate surface area is 162 Å². The molecular weight excluding hydrogens is 366 g/mol. The average Bonchev–Trinajstić information content (AvgIpc) is 2.99. The number of amides is 3. The maximum absolute atomic E-state index is 12.5. The fraction of sp³-hybridized carbons (Fsp3) is 0.250. The number of nitrogens with one attached hydrogen (secondary N) is 2. The molecule has 0 aliphatic carbocycles. The molecule has 1 fully saturated rings. The van der Waals surface area contributed by atoms with Crippen molar-refractivity contribution in [3.05, 3.63) is 59.1 Å². The third kappa shape index (κ3) is 4.86. The minimum Gasteiger partial charge on any atom is -0.337 e. The van der Waals surface area contributed by atoms with Gasteiger partial charge in [-0.05, 0) is 35.9 Å². The number of nitrogens with zero attached hydrogens (tertiary/aromatic N) is 1. The van der Waals surface area contributed by atoms with Crippen LogP contribution in [0.1, 0.15) is 18.9 Å². The van der Waals surface area contributed by atoms with Gasteiger partial charge in [-0.1, -0.05) is 29.8 Å². The summed E-state index contributed by atoms with van der Waals surface area (Å²) in [4.78, 5) is 37.5. The van der Waals surface area contributed by atoms with E-state index in [9.17, 15) is 14.4 Å². The Morgan fingerprint density at radius 3 is 2.33 bits per heavy atom. The molecule has 2 aromatic carbocycles. The van der Waals surface area contributed by atoms with Crippen LogP contribution in [0.2, 0.25) is 5.02 Å². The lowest BCUT2D eigenvalue weighted by Crippen LogP contribution is -2.28. The number of carbonyl (C=O) groups is 3. The zero-order chi connectivity index (χ0) is 19.4. The van der Waals surface area contributed by atoms with Crippen molar-refractivity contribution in [1.29, 1.82) is 0 Å². The summed E-state index contributed by atoms with van der Waals surface area (Å²) >= 11 is 6.16. The quantitative estimate of drug-likeness (QED) is 0.829. The van der Waals surface area contributed by atoms with Crippen LogP contribution in [0.25, 0.3) is 0 Å². The fourth-order valence-corrected chi connectivity index (χ4v) is 3.21. The molecule has 7 heteroatoms. The molecule has 0 spiro atoms. The Balaban J connectivity index is 1.59. The number of hydrogen-bond donors (Lipinski definition) is 2. The average molecular weight is 386 g/mol. The van der Waals surface area contributed by atoms with E-state index in [0.29, 0.717) is 29.5 Å². The zero-order valence-corrected chi connectivity index (χ0v) is 15.6. The second-order valence-electron chi connectivity index (χ2n) is 6.51. The van der Waals surface area contributed by atoms with E-state index < -0.39 is 5.92 Å². The first-order valence-electron chi connectivity index (χ1n) is 8.62. The summed E-state index contributed by atoms with van der Waals surface area (Å²) in [5, 5.41) is 6.10. The van der Waals surface area contributed by atoms with Crippen molar-refractivity contribution >= 4 is 40.7 Å². The van der Waals surface area contributed by atoms with Crippen LogP contribution in [0.15, 0.2) is 48.5 Å². The van der Waals surface area contributed by atoms with Crippen LogP contribution in [0.5, 0.6) is 0 Å². The highest BCUT2D eigenvalue weighted by Crippen LogP contribution is 2.24. The summed E-state index contributed by atoms with van der Waals surface area (Å²) in [6.07, 6.45) is 0.181. The van der Waals surface area contributed by atoms with Gasteiger partial charge >= 0.3 is 0 Å². The second kappa shape index (κ2) is 8.22. The lowest BCUT2D eigenvalue weighted by atomic mass is 10.1. The number of hydrogen-bond acceptors (Lipinski definition) is 3. The molecule has 0 radical (unpaired) electrons. The molecule has 1 aliphatic heterocycles. The monoisotopic (exact) mass is 385 g/mol. The van der Waals surface area contributed by atoms with Crippen LogP contribution in [0, 0.1) is 5.92 Å². The first-order chi connectivity index (χ1) is 12.9. The highest BCUT2D eigenvalue weighted by molar-refractivity contribution is 6.31. The first-order valence-corrected chi connectivity index (χ1v) is 9.00. The summed E-state index contributed by atoms with van der Waals surface area (Å²) in [6, 6.07) is 14.2. The molecule has 0 saturated carbocycles. The number of rotatable bonds is 5. The number of likely N-dealkylation sites (tertiary alicyclic amines) is 1. The highest BCUT2D eigenvalue weighted by atomic mass is 35.5. The van der Waals surface area contributed by atoms with Crippen LogP contribution in [0.3, 0.4) is 0 Å². The van der Waals surface area contributed by atoms with E-state index in [-0.39, 0.29) is 24.1 Å². The lowest BCUT2D eigenvalue weighted by Gasteiger charge is -2.17. The summed E-state index contributed by atoms with van der Waals surface area (Å²) in [6.45, 7) is 2.19. The van der Waals surface area contributed by atoms with Gasteiger partial charge in [-0.25, -0.2) is 0 Å². The smallest absolute Gasteiger partial charge is 0.229 e. The number of carbonyl (C=O) groups excluding carboxylic acids is 3. The third-order valence-electron chi connectivity index (χ3n) is 4.38. The van der Waals surface area contributed by atoms with Gasteiger partial charge in [0.2, 0.25) is 17.7 Å². The molecule has 2 N–H and O–H groups in total. The predicted octanol–water partition coefficient (Wildman–Crippen LogP) is 3.29. The molecule has 140 valence electrons. The molecule has 0 aromatic heterocycles.